The van der Waals surface area contributed by atoms with Gasteiger partial charge in [0.1, 0.15) is 0 Å². The summed E-state index contributed by atoms with van der Waals surface area (Å²) in [6, 6.07) is 0.692. The average Bonchev–Trinajstić information content (AvgIpc) is 2.36. The van der Waals surface area contributed by atoms with Crippen molar-refractivity contribution in [3.63, 3.8) is 0 Å². The molecule has 1 heterocycles. The van der Waals surface area contributed by atoms with Crippen LogP contribution in [0.5, 0.6) is 0 Å². The predicted octanol–water partition coefficient (Wildman–Crippen LogP) is 0.607. The summed E-state index contributed by atoms with van der Waals surface area (Å²) in [6.45, 7) is 3.60. The number of rotatable bonds is 3. The maximum absolute atomic E-state index is 10.6. The molecule has 0 aliphatic carbocycles. The van der Waals surface area contributed by atoms with Crippen molar-refractivity contribution in [1.82, 2.24) is 10.2 Å². The van der Waals surface area contributed by atoms with Gasteiger partial charge in [0.15, 0.2) is 0 Å². The Morgan fingerprint density at radius 3 is 2.92 bits per heavy atom. The van der Waals surface area contributed by atoms with Crippen LogP contribution in [0, 0.1) is 0 Å². The van der Waals surface area contributed by atoms with E-state index in [1.54, 1.807) is 6.92 Å². The van der Waals surface area contributed by atoms with Gasteiger partial charge in [0.25, 0.3) is 0 Å². The highest BCUT2D eigenvalue weighted by molar-refractivity contribution is 5.72. The van der Waals surface area contributed by atoms with Crippen molar-refractivity contribution >= 4 is 5.91 Å². The molecule has 1 N–H and O–H groups in total. The lowest BCUT2D eigenvalue weighted by Gasteiger charge is -2.18. The third-order valence-electron chi connectivity index (χ3n) is 2.52. The van der Waals surface area contributed by atoms with Crippen molar-refractivity contribution in [3.05, 3.63) is 0 Å². The summed E-state index contributed by atoms with van der Waals surface area (Å²) >= 11 is 0. The van der Waals surface area contributed by atoms with Crippen LogP contribution in [0.15, 0.2) is 0 Å². The van der Waals surface area contributed by atoms with Gasteiger partial charge in [-0.05, 0) is 32.9 Å². The molecule has 1 fully saturated rings. The molecule has 0 bridgehead atoms. The molecule has 3 nitrogen and oxygen atoms in total. The standard InChI is InChI=1S/C9H18N2O/c1-8(12)10-6-5-9-4-3-7-11(9)2/h9H,3-7H2,1-2H3,(H,10,12). The van der Waals surface area contributed by atoms with Crippen molar-refractivity contribution in [1.29, 1.82) is 0 Å². The third-order valence-corrected chi connectivity index (χ3v) is 2.52. The highest BCUT2D eigenvalue weighted by Crippen LogP contribution is 2.16. The van der Waals surface area contributed by atoms with Gasteiger partial charge in [0.05, 0.1) is 0 Å². The number of carbonyl (C=O) groups excluding carboxylic acids is 1. The van der Waals surface area contributed by atoms with E-state index in [0.717, 1.165) is 13.0 Å². The van der Waals surface area contributed by atoms with E-state index in [1.807, 2.05) is 0 Å². The summed E-state index contributed by atoms with van der Waals surface area (Å²) in [5.74, 6) is 0.0793. The summed E-state index contributed by atoms with van der Waals surface area (Å²) in [5, 5.41) is 2.83. The Hall–Kier alpha value is -0.570. The monoisotopic (exact) mass is 170 g/mol. The number of likely N-dealkylation sites (tertiary alicyclic amines) is 1. The maximum Gasteiger partial charge on any atom is 0.216 e. The van der Waals surface area contributed by atoms with Gasteiger partial charge in [-0.25, -0.2) is 0 Å². The lowest BCUT2D eigenvalue weighted by molar-refractivity contribution is -0.119. The van der Waals surface area contributed by atoms with Crippen LogP contribution in [0.25, 0.3) is 0 Å². The molecule has 70 valence electrons. The second kappa shape index (κ2) is 4.45. The van der Waals surface area contributed by atoms with Crippen LogP contribution in [0.1, 0.15) is 26.2 Å². The molecule has 0 spiro atoms. The van der Waals surface area contributed by atoms with Gasteiger partial charge >= 0.3 is 0 Å². The molecule has 0 aromatic rings. The SMILES string of the molecule is CC(=O)NCCC1CCCN1C. The Labute approximate surface area is 74.1 Å². The Bertz CT molecular complexity index is 159. The molecule has 0 aromatic heterocycles. The molecular formula is C9H18N2O. The molecule has 1 aliphatic rings. The van der Waals surface area contributed by atoms with E-state index in [2.05, 4.69) is 17.3 Å². The maximum atomic E-state index is 10.6. The summed E-state index contributed by atoms with van der Waals surface area (Å²) in [7, 11) is 2.16. The Balaban J connectivity index is 2.10. The van der Waals surface area contributed by atoms with Gasteiger partial charge in [-0.3, -0.25) is 4.79 Å². The van der Waals surface area contributed by atoms with Gasteiger partial charge in [-0.2, -0.15) is 0 Å². The molecule has 1 aliphatic heterocycles. The van der Waals surface area contributed by atoms with Gasteiger partial charge in [-0.15, -0.1) is 0 Å². The fraction of sp³-hybridized carbons (Fsp3) is 0.889. The van der Waals surface area contributed by atoms with Gasteiger partial charge in [0, 0.05) is 19.5 Å². The summed E-state index contributed by atoms with van der Waals surface area (Å²) < 4.78 is 0. The summed E-state index contributed by atoms with van der Waals surface area (Å²) in [6.07, 6.45) is 3.69. The molecule has 0 saturated carbocycles. The fourth-order valence-electron chi connectivity index (χ4n) is 1.76. The summed E-state index contributed by atoms with van der Waals surface area (Å²) in [5.41, 5.74) is 0. The number of hydrogen-bond donors (Lipinski definition) is 1. The molecule has 0 aromatic carbocycles. The van der Waals surface area contributed by atoms with Crippen LogP contribution >= 0.6 is 0 Å². The van der Waals surface area contributed by atoms with Gasteiger partial charge < -0.3 is 10.2 Å². The Morgan fingerprint density at radius 1 is 1.67 bits per heavy atom. The zero-order valence-electron chi connectivity index (χ0n) is 7.97. The molecule has 1 unspecified atom stereocenters. The van der Waals surface area contributed by atoms with Crippen molar-refractivity contribution in [2.24, 2.45) is 0 Å². The zero-order chi connectivity index (χ0) is 8.97. The van der Waals surface area contributed by atoms with Crippen LogP contribution in [0.2, 0.25) is 0 Å². The lowest BCUT2D eigenvalue weighted by Crippen LogP contribution is -2.30. The first kappa shape index (κ1) is 9.52. The molecule has 1 rings (SSSR count). The van der Waals surface area contributed by atoms with E-state index in [0.29, 0.717) is 6.04 Å². The van der Waals surface area contributed by atoms with E-state index in [4.69, 9.17) is 0 Å². The van der Waals surface area contributed by atoms with E-state index in [1.165, 1.54) is 19.4 Å². The Morgan fingerprint density at radius 2 is 2.42 bits per heavy atom. The van der Waals surface area contributed by atoms with Crippen LogP contribution in [-0.4, -0.2) is 37.0 Å². The van der Waals surface area contributed by atoms with Crippen LogP contribution in [0.4, 0.5) is 0 Å². The normalized spacial score (nSPS) is 24.3. The van der Waals surface area contributed by atoms with E-state index >= 15 is 0 Å². The number of nitrogens with zero attached hydrogens (tertiary/aromatic N) is 1. The zero-order valence-corrected chi connectivity index (χ0v) is 7.97. The number of amides is 1. The molecule has 1 saturated heterocycles. The molecule has 3 heteroatoms. The summed E-state index contributed by atoms with van der Waals surface area (Å²) in [4.78, 5) is 13.0. The van der Waals surface area contributed by atoms with Crippen molar-refractivity contribution in [3.8, 4) is 0 Å². The minimum absolute atomic E-state index is 0.0793. The smallest absolute Gasteiger partial charge is 0.216 e. The topological polar surface area (TPSA) is 32.3 Å². The molecule has 0 radical (unpaired) electrons. The van der Waals surface area contributed by atoms with Crippen LogP contribution in [0.3, 0.4) is 0 Å². The van der Waals surface area contributed by atoms with Crippen molar-refractivity contribution in [2.45, 2.75) is 32.2 Å². The first-order valence-electron chi connectivity index (χ1n) is 4.65. The van der Waals surface area contributed by atoms with E-state index < -0.39 is 0 Å². The fourth-order valence-corrected chi connectivity index (χ4v) is 1.76. The second-order valence-electron chi connectivity index (χ2n) is 3.55. The number of hydrogen-bond acceptors (Lipinski definition) is 2. The number of nitrogens with one attached hydrogen (secondary N) is 1. The van der Waals surface area contributed by atoms with Gasteiger partial charge in [-0.1, -0.05) is 0 Å². The quantitative estimate of drug-likeness (QED) is 0.673. The minimum atomic E-state index is 0.0793. The van der Waals surface area contributed by atoms with E-state index in [9.17, 15) is 4.79 Å². The molecule has 1 atom stereocenters. The highest BCUT2D eigenvalue weighted by Gasteiger charge is 2.19. The third kappa shape index (κ3) is 2.81. The largest absolute Gasteiger partial charge is 0.356 e. The predicted molar refractivity (Wildman–Crippen MR) is 49.0 cm³/mol. The van der Waals surface area contributed by atoms with Crippen LogP contribution < -0.4 is 5.32 Å². The van der Waals surface area contributed by atoms with Crippen molar-refractivity contribution < 1.29 is 4.79 Å². The van der Waals surface area contributed by atoms with Gasteiger partial charge in [0.2, 0.25) is 5.91 Å². The Kier molecular flexibility index (Phi) is 3.53. The average molecular weight is 170 g/mol. The first-order valence-corrected chi connectivity index (χ1v) is 4.65. The lowest BCUT2D eigenvalue weighted by atomic mass is 10.1. The molecule has 1 amide bonds. The van der Waals surface area contributed by atoms with Crippen LogP contribution in [-0.2, 0) is 4.79 Å². The molecule has 12 heavy (non-hydrogen) atoms. The minimum Gasteiger partial charge on any atom is -0.356 e. The number of carbonyl (C=O) groups is 1. The molecular weight excluding hydrogens is 152 g/mol. The van der Waals surface area contributed by atoms with E-state index in [-0.39, 0.29) is 5.91 Å². The van der Waals surface area contributed by atoms with Crippen molar-refractivity contribution in [2.75, 3.05) is 20.1 Å². The second-order valence-corrected chi connectivity index (χ2v) is 3.55. The highest BCUT2D eigenvalue weighted by atomic mass is 16.1. The first-order chi connectivity index (χ1) is 5.70.